The minimum Gasteiger partial charge on any atom is -0.382 e. The van der Waals surface area contributed by atoms with Crippen LogP contribution in [0, 0.1) is 0 Å². The number of rotatable bonds is 10. The second-order valence-electron chi connectivity index (χ2n) is 6.00. The Kier molecular flexibility index (Phi) is 11.0. The predicted molar refractivity (Wildman–Crippen MR) is 95.2 cm³/mol. The average Bonchev–Trinajstić information content (AvgIpc) is 2.54. The van der Waals surface area contributed by atoms with Crippen molar-refractivity contribution < 1.29 is 9.47 Å². The molecule has 1 rings (SSSR count). The SMILES string of the molecule is CCNC(=NCC1CN(C)CCN1C)NCCCOCCOC. The molecule has 0 aliphatic carbocycles. The standard InChI is InChI=1S/C16H35N5O2/c1-5-17-16(18-7-6-10-23-12-11-22-4)19-13-15-14-20(2)8-9-21(15)3/h15H,5-14H2,1-4H3,(H2,17,18,19). The lowest BCUT2D eigenvalue weighted by Gasteiger charge is -2.36. The van der Waals surface area contributed by atoms with E-state index in [-0.39, 0.29) is 0 Å². The Morgan fingerprint density at radius 1 is 1.17 bits per heavy atom. The van der Waals surface area contributed by atoms with Crippen molar-refractivity contribution in [2.75, 3.05) is 80.3 Å². The molecule has 7 nitrogen and oxygen atoms in total. The summed E-state index contributed by atoms with van der Waals surface area (Å²) in [6, 6.07) is 0.488. The Labute approximate surface area is 141 Å². The molecular weight excluding hydrogens is 294 g/mol. The topological polar surface area (TPSA) is 61.4 Å². The summed E-state index contributed by atoms with van der Waals surface area (Å²) < 4.78 is 10.4. The molecule has 23 heavy (non-hydrogen) atoms. The summed E-state index contributed by atoms with van der Waals surface area (Å²) >= 11 is 0. The number of hydrogen-bond acceptors (Lipinski definition) is 5. The van der Waals surface area contributed by atoms with Gasteiger partial charge >= 0.3 is 0 Å². The van der Waals surface area contributed by atoms with Gasteiger partial charge in [0, 0.05) is 52.5 Å². The monoisotopic (exact) mass is 329 g/mol. The van der Waals surface area contributed by atoms with Crippen LogP contribution in [-0.2, 0) is 9.47 Å². The first-order chi connectivity index (χ1) is 11.2. The van der Waals surface area contributed by atoms with E-state index < -0.39 is 0 Å². The molecule has 2 N–H and O–H groups in total. The van der Waals surface area contributed by atoms with Crippen molar-refractivity contribution in [1.29, 1.82) is 0 Å². The van der Waals surface area contributed by atoms with Gasteiger partial charge in [0.15, 0.2) is 5.96 Å². The van der Waals surface area contributed by atoms with Gasteiger partial charge in [0.05, 0.1) is 19.8 Å². The number of hydrogen-bond donors (Lipinski definition) is 2. The van der Waals surface area contributed by atoms with E-state index in [4.69, 9.17) is 14.5 Å². The highest BCUT2D eigenvalue weighted by Crippen LogP contribution is 2.05. The molecule has 1 aliphatic rings. The number of nitrogens with zero attached hydrogens (tertiary/aromatic N) is 3. The zero-order valence-electron chi connectivity index (χ0n) is 15.3. The van der Waals surface area contributed by atoms with Crippen LogP contribution in [0.4, 0.5) is 0 Å². The largest absolute Gasteiger partial charge is 0.382 e. The molecular formula is C16H35N5O2. The van der Waals surface area contributed by atoms with Crippen molar-refractivity contribution in [3.63, 3.8) is 0 Å². The van der Waals surface area contributed by atoms with E-state index in [0.29, 0.717) is 19.3 Å². The van der Waals surface area contributed by atoms with Crippen molar-refractivity contribution in [2.45, 2.75) is 19.4 Å². The summed E-state index contributed by atoms with van der Waals surface area (Å²) in [4.78, 5) is 9.51. The van der Waals surface area contributed by atoms with Gasteiger partial charge in [0.2, 0.25) is 0 Å². The molecule has 1 unspecified atom stereocenters. The molecule has 1 aliphatic heterocycles. The number of likely N-dealkylation sites (N-methyl/N-ethyl adjacent to an activating group) is 2. The molecule has 0 bridgehead atoms. The zero-order valence-corrected chi connectivity index (χ0v) is 15.3. The quantitative estimate of drug-likeness (QED) is 0.330. The second-order valence-corrected chi connectivity index (χ2v) is 6.00. The van der Waals surface area contributed by atoms with Crippen LogP contribution in [0.2, 0.25) is 0 Å². The molecule has 1 heterocycles. The van der Waals surface area contributed by atoms with E-state index in [1.807, 2.05) is 0 Å². The fourth-order valence-corrected chi connectivity index (χ4v) is 2.46. The minimum atomic E-state index is 0.488. The maximum absolute atomic E-state index is 5.46. The molecule has 0 aromatic rings. The van der Waals surface area contributed by atoms with Gasteiger partial charge in [-0.05, 0) is 27.4 Å². The smallest absolute Gasteiger partial charge is 0.191 e. The molecule has 0 aromatic heterocycles. The summed E-state index contributed by atoms with van der Waals surface area (Å²) in [6.07, 6.45) is 0.959. The predicted octanol–water partition coefficient (Wildman–Crippen LogP) is -0.160. The third-order valence-corrected chi connectivity index (χ3v) is 3.97. The Morgan fingerprint density at radius 3 is 2.74 bits per heavy atom. The minimum absolute atomic E-state index is 0.488. The third-order valence-electron chi connectivity index (χ3n) is 3.97. The third kappa shape index (κ3) is 9.10. The van der Waals surface area contributed by atoms with Crippen molar-refractivity contribution >= 4 is 5.96 Å². The highest BCUT2D eigenvalue weighted by Gasteiger charge is 2.21. The van der Waals surface area contributed by atoms with Gasteiger partial charge in [-0.1, -0.05) is 0 Å². The molecule has 1 atom stereocenters. The zero-order chi connectivity index (χ0) is 16.9. The first-order valence-corrected chi connectivity index (χ1v) is 8.65. The van der Waals surface area contributed by atoms with E-state index in [9.17, 15) is 0 Å². The summed E-state index contributed by atoms with van der Waals surface area (Å²) in [7, 11) is 6.05. The Balaban J connectivity index is 2.26. The molecule has 0 aromatic carbocycles. The average molecular weight is 329 g/mol. The van der Waals surface area contributed by atoms with Crippen LogP contribution in [0.1, 0.15) is 13.3 Å². The van der Waals surface area contributed by atoms with E-state index in [1.54, 1.807) is 7.11 Å². The number of methoxy groups -OCH3 is 1. The van der Waals surface area contributed by atoms with Crippen molar-refractivity contribution in [2.24, 2.45) is 4.99 Å². The molecule has 0 spiro atoms. The van der Waals surface area contributed by atoms with Crippen LogP contribution < -0.4 is 10.6 Å². The highest BCUT2D eigenvalue weighted by molar-refractivity contribution is 5.79. The maximum Gasteiger partial charge on any atom is 0.191 e. The fraction of sp³-hybridized carbons (Fsp3) is 0.938. The van der Waals surface area contributed by atoms with Gasteiger partial charge in [0.25, 0.3) is 0 Å². The van der Waals surface area contributed by atoms with Crippen LogP contribution >= 0.6 is 0 Å². The summed E-state index contributed by atoms with van der Waals surface area (Å²) in [5.74, 6) is 0.894. The molecule has 0 saturated carbocycles. The van der Waals surface area contributed by atoms with Crippen molar-refractivity contribution in [1.82, 2.24) is 20.4 Å². The van der Waals surface area contributed by atoms with E-state index in [1.165, 1.54) is 0 Å². The van der Waals surface area contributed by atoms with Crippen molar-refractivity contribution in [3.8, 4) is 0 Å². The summed E-state index contributed by atoms with van der Waals surface area (Å²) in [5, 5.41) is 6.68. The van der Waals surface area contributed by atoms with Crippen LogP contribution in [-0.4, -0.2) is 102 Å². The van der Waals surface area contributed by atoms with Crippen molar-refractivity contribution in [3.05, 3.63) is 0 Å². The van der Waals surface area contributed by atoms with E-state index in [0.717, 1.165) is 58.3 Å². The Hall–Kier alpha value is -0.890. The lowest BCUT2D eigenvalue weighted by Crippen LogP contribution is -2.51. The second kappa shape index (κ2) is 12.5. The van der Waals surface area contributed by atoms with E-state index in [2.05, 4.69) is 41.5 Å². The fourth-order valence-electron chi connectivity index (χ4n) is 2.46. The Morgan fingerprint density at radius 2 is 2.00 bits per heavy atom. The molecule has 1 saturated heterocycles. The normalized spacial score (nSPS) is 20.7. The number of guanidine groups is 1. The lowest BCUT2D eigenvalue weighted by molar-refractivity contribution is 0.0698. The lowest BCUT2D eigenvalue weighted by atomic mass is 10.2. The molecule has 0 amide bonds. The molecule has 7 heteroatoms. The van der Waals surface area contributed by atoms with Crippen LogP contribution in [0.5, 0.6) is 0 Å². The van der Waals surface area contributed by atoms with Gasteiger partial charge < -0.3 is 25.0 Å². The van der Waals surface area contributed by atoms with Gasteiger partial charge in [-0.25, -0.2) is 0 Å². The number of piperazine rings is 1. The van der Waals surface area contributed by atoms with Crippen LogP contribution in [0.25, 0.3) is 0 Å². The first kappa shape index (κ1) is 20.2. The highest BCUT2D eigenvalue weighted by atomic mass is 16.5. The van der Waals surface area contributed by atoms with Gasteiger partial charge in [-0.15, -0.1) is 0 Å². The van der Waals surface area contributed by atoms with Gasteiger partial charge in [-0.2, -0.15) is 0 Å². The number of aliphatic imine (C=N–C) groups is 1. The molecule has 136 valence electrons. The van der Waals surface area contributed by atoms with Crippen LogP contribution in [0.15, 0.2) is 4.99 Å². The van der Waals surface area contributed by atoms with E-state index >= 15 is 0 Å². The first-order valence-electron chi connectivity index (χ1n) is 8.65. The Bertz CT molecular complexity index is 328. The van der Waals surface area contributed by atoms with Gasteiger partial charge in [0.1, 0.15) is 0 Å². The summed E-state index contributed by atoms with van der Waals surface area (Å²) in [6.45, 7) is 10.0. The summed E-state index contributed by atoms with van der Waals surface area (Å²) in [5.41, 5.74) is 0. The number of nitrogens with one attached hydrogen (secondary N) is 2. The molecule has 1 fully saturated rings. The van der Waals surface area contributed by atoms with Crippen LogP contribution in [0.3, 0.4) is 0 Å². The van der Waals surface area contributed by atoms with Gasteiger partial charge in [-0.3, -0.25) is 9.89 Å². The molecule has 0 radical (unpaired) electrons. The number of ether oxygens (including phenoxy) is 2. The maximum atomic E-state index is 5.46.